The smallest absolute Gasteiger partial charge is 0.222 e. The standard InChI is InChI=1S/C8H12ClN3S/c1-6(13-2)3-10-8-11-4-7(9)5-12-8/h4-6H,3H2,1-2H3,(H,10,11,12). The lowest BCUT2D eigenvalue weighted by atomic mass is 10.5. The van der Waals surface area contributed by atoms with Gasteiger partial charge in [0.05, 0.1) is 17.4 Å². The van der Waals surface area contributed by atoms with Gasteiger partial charge in [0.1, 0.15) is 0 Å². The molecule has 0 fully saturated rings. The maximum Gasteiger partial charge on any atom is 0.222 e. The highest BCUT2D eigenvalue weighted by Gasteiger charge is 2.00. The zero-order chi connectivity index (χ0) is 9.68. The summed E-state index contributed by atoms with van der Waals surface area (Å²) in [5, 5.41) is 4.23. The fraction of sp³-hybridized carbons (Fsp3) is 0.500. The molecule has 0 aliphatic carbocycles. The molecule has 0 aliphatic heterocycles. The molecular formula is C8H12ClN3S. The van der Waals surface area contributed by atoms with Crippen molar-refractivity contribution in [3.05, 3.63) is 17.4 Å². The minimum atomic E-state index is 0.555. The van der Waals surface area contributed by atoms with Crippen molar-refractivity contribution in [3.8, 4) is 0 Å². The molecule has 13 heavy (non-hydrogen) atoms. The number of aromatic nitrogens is 2. The lowest BCUT2D eigenvalue weighted by molar-refractivity contribution is 0.972. The number of thioether (sulfide) groups is 1. The summed E-state index contributed by atoms with van der Waals surface area (Å²) in [4.78, 5) is 8.04. The molecule has 1 aromatic heterocycles. The van der Waals surface area contributed by atoms with E-state index in [9.17, 15) is 0 Å². The molecule has 3 nitrogen and oxygen atoms in total. The van der Waals surface area contributed by atoms with Gasteiger partial charge in [0.2, 0.25) is 5.95 Å². The van der Waals surface area contributed by atoms with Gasteiger partial charge in [0, 0.05) is 11.8 Å². The molecule has 1 unspecified atom stereocenters. The van der Waals surface area contributed by atoms with Crippen LogP contribution >= 0.6 is 23.4 Å². The number of hydrogen-bond acceptors (Lipinski definition) is 4. The van der Waals surface area contributed by atoms with Crippen LogP contribution in [0.5, 0.6) is 0 Å². The summed E-state index contributed by atoms with van der Waals surface area (Å²) in [5.74, 6) is 0.630. The van der Waals surface area contributed by atoms with Crippen molar-refractivity contribution in [2.75, 3.05) is 18.1 Å². The maximum atomic E-state index is 5.64. The first-order valence-corrected chi connectivity index (χ1v) is 5.63. The molecule has 0 radical (unpaired) electrons. The van der Waals surface area contributed by atoms with E-state index in [2.05, 4.69) is 28.5 Å². The van der Waals surface area contributed by atoms with Crippen molar-refractivity contribution in [1.29, 1.82) is 0 Å². The summed E-state index contributed by atoms with van der Waals surface area (Å²) >= 11 is 7.45. The monoisotopic (exact) mass is 217 g/mol. The molecule has 0 aromatic carbocycles. The Kier molecular flexibility index (Phi) is 4.32. The van der Waals surface area contributed by atoms with E-state index in [0.29, 0.717) is 16.2 Å². The topological polar surface area (TPSA) is 37.8 Å². The van der Waals surface area contributed by atoms with Crippen molar-refractivity contribution in [2.45, 2.75) is 12.2 Å². The maximum absolute atomic E-state index is 5.64. The molecule has 5 heteroatoms. The first kappa shape index (κ1) is 10.6. The number of anilines is 1. The van der Waals surface area contributed by atoms with Crippen molar-refractivity contribution in [2.24, 2.45) is 0 Å². The number of nitrogens with one attached hydrogen (secondary N) is 1. The summed E-state index contributed by atoms with van der Waals surface area (Å²) in [6.07, 6.45) is 5.25. The molecule has 1 heterocycles. The lowest BCUT2D eigenvalue weighted by Crippen LogP contribution is -2.14. The van der Waals surface area contributed by atoms with E-state index in [1.165, 1.54) is 0 Å². The molecule has 1 atom stereocenters. The third-order valence-corrected chi connectivity index (χ3v) is 2.74. The molecule has 0 saturated heterocycles. The van der Waals surface area contributed by atoms with Crippen LogP contribution in [0.2, 0.25) is 5.02 Å². The fourth-order valence-electron chi connectivity index (χ4n) is 0.722. The van der Waals surface area contributed by atoms with Gasteiger partial charge in [-0.25, -0.2) is 9.97 Å². The molecule has 0 spiro atoms. The Balaban J connectivity index is 2.41. The molecule has 0 bridgehead atoms. The van der Waals surface area contributed by atoms with Crippen LogP contribution in [-0.2, 0) is 0 Å². The molecule has 1 aromatic rings. The Morgan fingerprint density at radius 1 is 1.54 bits per heavy atom. The Labute approximate surface area is 87.3 Å². The van der Waals surface area contributed by atoms with E-state index < -0.39 is 0 Å². The molecule has 72 valence electrons. The third kappa shape index (κ3) is 3.83. The number of nitrogens with zero attached hydrogens (tertiary/aromatic N) is 2. The first-order valence-electron chi connectivity index (χ1n) is 3.96. The Morgan fingerprint density at radius 3 is 2.69 bits per heavy atom. The van der Waals surface area contributed by atoms with Crippen LogP contribution in [0.25, 0.3) is 0 Å². The van der Waals surface area contributed by atoms with Gasteiger partial charge in [-0.15, -0.1) is 0 Å². The highest BCUT2D eigenvalue weighted by atomic mass is 35.5. The van der Waals surface area contributed by atoms with E-state index in [1.807, 2.05) is 0 Å². The van der Waals surface area contributed by atoms with E-state index in [4.69, 9.17) is 11.6 Å². The fourth-order valence-corrected chi connectivity index (χ4v) is 1.07. The summed E-state index contributed by atoms with van der Waals surface area (Å²) in [5.41, 5.74) is 0. The van der Waals surface area contributed by atoms with Crippen molar-refractivity contribution in [3.63, 3.8) is 0 Å². The van der Waals surface area contributed by atoms with Gasteiger partial charge < -0.3 is 5.32 Å². The van der Waals surface area contributed by atoms with Gasteiger partial charge in [0.15, 0.2) is 0 Å². The predicted octanol–water partition coefficient (Wildman–Crippen LogP) is 2.29. The molecule has 0 saturated carbocycles. The number of halogens is 1. The van der Waals surface area contributed by atoms with Crippen molar-refractivity contribution in [1.82, 2.24) is 9.97 Å². The predicted molar refractivity (Wildman–Crippen MR) is 58.5 cm³/mol. The average molecular weight is 218 g/mol. The Bertz CT molecular complexity index is 252. The van der Waals surface area contributed by atoms with Crippen LogP contribution in [-0.4, -0.2) is 28.0 Å². The van der Waals surface area contributed by atoms with Crippen LogP contribution in [0.4, 0.5) is 5.95 Å². The van der Waals surface area contributed by atoms with Gasteiger partial charge in [-0.05, 0) is 6.26 Å². The second kappa shape index (κ2) is 5.29. The zero-order valence-electron chi connectivity index (χ0n) is 7.62. The SMILES string of the molecule is CSC(C)CNc1ncc(Cl)cn1. The summed E-state index contributed by atoms with van der Waals surface area (Å²) in [6.45, 7) is 3.01. The summed E-state index contributed by atoms with van der Waals surface area (Å²) in [6, 6.07) is 0. The summed E-state index contributed by atoms with van der Waals surface area (Å²) < 4.78 is 0. The summed E-state index contributed by atoms with van der Waals surface area (Å²) in [7, 11) is 0. The highest BCUT2D eigenvalue weighted by molar-refractivity contribution is 7.99. The minimum Gasteiger partial charge on any atom is -0.353 e. The molecular weight excluding hydrogens is 206 g/mol. The van der Waals surface area contributed by atoms with Crippen LogP contribution < -0.4 is 5.32 Å². The van der Waals surface area contributed by atoms with Gasteiger partial charge in [-0.1, -0.05) is 18.5 Å². The van der Waals surface area contributed by atoms with Crippen molar-refractivity contribution < 1.29 is 0 Å². The van der Waals surface area contributed by atoms with E-state index in [1.54, 1.807) is 24.2 Å². The number of rotatable bonds is 4. The first-order chi connectivity index (χ1) is 6.22. The van der Waals surface area contributed by atoms with E-state index in [-0.39, 0.29) is 0 Å². The number of hydrogen-bond donors (Lipinski definition) is 1. The van der Waals surface area contributed by atoms with Gasteiger partial charge >= 0.3 is 0 Å². The Hall–Kier alpha value is -0.480. The van der Waals surface area contributed by atoms with Crippen LogP contribution in [0, 0.1) is 0 Å². The molecule has 0 amide bonds. The normalized spacial score (nSPS) is 12.5. The second-order valence-corrected chi connectivity index (χ2v) is 4.36. The average Bonchev–Trinajstić information content (AvgIpc) is 2.16. The van der Waals surface area contributed by atoms with Crippen LogP contribution in [0.1, 0.15) is 6.92 Å². The van der Waals surface area contributed by atoms with Gasteiger partial charge in [-0.3, -0.25) is 0 Å². The highest BCUT2D eigenvalue weighted by Crippen LogP contribution is 2.08. The van der Waals surface area contributed by atoms with Crippen molar-refractivity contribution >= 4 is 29.3 Å². The second-order valence-electron chi connectivity index (χ2n) is 2.65. The zero-order valence-corrected chi connectivity index (χ0v) is 9.19. The lowest BCUT2D eigenvalue weighted by Gasteiger charge is -2.08. The molecule has 0 aliphatic rings. The third-order valence-electron chi connectivity index (χ3n) is 1.57. The quantitative estimate of drug-likeness (QED) is 0.840. The molecule has 1 rings (SSSR count). The van der Waals surface area contributed by atoms with Gasteiger partial charge in [-0.2, -0.15) is 11.8 Å². The molecule has 1 N–H and O–H groups in total. The van der Waals surface area contributed by atoms with E-state index in [0.717, 1.165) is 6.54 Å². The largest absolute Gasteiger partial charge is 0.353 e. The van der Waals surface area contributed by atoms with Crippen LogP contribution in [0.15, 0.2) is 12.4 Å². The van der Waals surface area contributed by atoms with Crippen LogP contribution in [0.3, 0.4) is 0 Å². The Morgan fingerprint density at radius 2 is 2.15 bits per heavy atom. The van der Waals surface area contributed by atoms with E-state index >= 15 is 0 Å². The minimum absolute atomic E-state index is 0.555. The van der Waals surface area contributed by atoms with Gasteiger partial charge in [0.25, 0.3) is 0 Å².